The minimum absolute atomic E-state index is 0.0253. The average molecular weight is 513 g/mol. The van der Waals surface area contributed by atoms with E-state index >= 15 is 0 Å². The highest BCUT2D eigenvalue weighted by molar-refractivity contribution is 7.98. The van der Waals surface area contributed by atoms with Gasteiger partial charge in [0.2, 0.25) is 17.7 Å². The molecule has 0 aromatic heterocycles. The first-order chi connectivity index (χ1) is 16.5. The maximum Gasteiger partial charge on any atom is 0.326 e. The number of aliphatic carboxylic acids is 1. The van der Waals surface area contributed by atoms with E-state index in [1.54, 1.807) is 18.4 Å². The van der Waals surface area contributed by atoms with Crippen LogP contribution in [0.1, 0.15) is 32.3 Å². The molecule has 8 N–H and O–H groups in total. The van der Waals surface area contributed by atoms with Gasteiger partial charge in [-0.15, -0.1) is 0 Å². The number of rotatable bonds is 15. The van der Waals surface area contributed by atoms with Gasteiger partial charge >= 0.3 is 5.97 Å². The van der Waals surface area contributed by atoms with Gasteiger partial charge in [-0.1, -0.05) is 26.0 Å². The van der Waals surface area contributed by atoms with Gasteiger partial charge in [0.25, 0.3) is 0 Å². The number of phenols is 1. The van der Waals surface area contributed by atoms with E-state index in [4.69, 9.17) is 5.73 Å². The summed E-state index contributed by atoms with van der Waals surface area (Å²) >= 11 is 1.42. The number of aromatic hydroxyl groups is 1. The molecule has 0 radical (unpaired) electrons. The van der Waals surface area contributed by atoms with Crippen LogP contribution in [0.3, 0.4) is 0 Å². The first-order valence-electron chi connectivity index (χ1n) is 11.3. The lowest BCUT2D eigenvalue weighted by Crippen LogP contribution is -2.58. The molecule has 11 nitrogen and oxygen atoms in total. The molecule has 0 heterocycles. The van der Waals surface area contributed by atoms with Gasteiger partial charge in [0, 0.05) is 6.42 Å². The molecule has 1 aromatic carbocycles. The van der Waals surface area contributed by atoms with Crippen molar-refractivity contribution in [1.82, 2.24) is 16.0 Å². The van der Waals surface area contributed by atoms with E-state index in [1.165, 1.54) is 23.9 Å². The molecule has 4 atom stereocenters. The molecule has 1 aromatic rings. The Kier molecular flexibility index (Phi) is 13.1. The van der Waals surface area contributed by atoms with Crippen molar-refractivity contribution in [3.63, 3.8) is 0 Å². The second-order valence-electron chi connectivity index (χ2n) is 8.59. The maximum atomic E-state index is 13.0. The fraction of sp³-hybridized carbons (Fsp3) is 0.565. The predicted octanol–water partition coefficient (Wildman–Crippen LogP) is -0.407. The van der Waals surface area contributed by atoms with E-state index in [0.717, 1.165) is 0 Å². The number of carboxylic acid groups (broad SMARTS) is 1. The van der Waals surface area contributed by atoms with Crippen LogP contribution in [0.2, 0.25) is 0 Å². The van der Waals surface area contributed by atoms with Gasteiger partial charge in [0.15, 0.2) is 0 Å². The summed E-state index contributed by atoms with van der Waals surface area (Å²) in [5, 5.41) is 35.8. The van der Waals surface area contributed by atoms with E-state index < -0.39 is 54.5 Å². The molecule has 196 valence electrons. The highest BCUT2D eigenvalue weighted by Crippen LogP contribution is 2.12. The summed E-state index contributed by atoms with van der Waals surface area (Å²) in [7, 11) is 0. The zero-order valence-corrected chi connectivity index (χ0v) is 21.0. The van der Waals surface area contributed by atoms with Crippen LogP contribution in [-0.2, 0) is 25.6 Å². The number of nitrogens with two attached hydrogens (primary N) is 1. The lowest BCUT2D eigenvalue weighted by molar-refractivity contribution is -0.142. The van der Waals surface area contributed by atoms with E-state index in [-0.39, 0.29) is 24.5 Å². The zero-order chi connectivity index (χ0) is 26.5. The third-order valence-electron chi connectivity index (χ3n) is 5.11. The fourth-order valence-electron chi connectivity index (χ4n) is 3.20. The Morgan fingerprint density at radius 1 is 0.943 bits per heavy atom. The van der Waals surface area contributed by atoms with Gasteiger partial charge in [-0.05, 0) is 48.5 Å². The number of amides is 3. The Morgan fingerprint density at radius 2 is 1.49 bits per heavy atom. The molecule has 0 saturated heterocycles. The van der Waals surface area contributed by atoms with Crippen molar-refractivity contribution in [3.8, 4) is 5.75 Å². The number of hydrogen-bond acceptors (Lipinski definition) is 8. The average Bonchev–Trinajstić information content (AvgIpc) is 2.79. The number of aliphatic hydroxyl groups is 1. The van der Waals surface area contributed by atoms with Gasteiger partial charge in [-0.25, -0.2) is 4.79 Å². The van der Waals surface area contributed by atoms with Gasteiger partial charge < -0.3 is 37.0 Å². The lowest BCUT2D eigenvalue weighted by Gasteiger charge is -2.24. The molecule has 0 spiro atoms. The number of hydrogen-bond donors (Lipinski definition) is 7. The highest BCUT2D eigenvalue weighted by Gasteiger charge is 2.30. The second kappa shape index (κ2) is 15.2. The van der Waals surface area contributed by atoms with Crippen LogP contribution >= 0.6 is 11.8 Å². The fourth-order valence-corrected chi connectivity index (χ4v) is 3.67. The first-order valence-corrected chi connectivity index (χ1v) is 12.6. The molecule has 0 saturated carbocycles. The Labute approximate surface area is 209 Å². The van der Waals surface area contributed by atoms with Crippen molar-refractivity contribution in [3.05, 3.63) is 29.8 Å². The summed E-state index contributed by atoms with van der Waals surface area (Å²) in [6.45, 7) is 3.03. The van der Waals surface area contributed by atoms with Crippen molar-refractivity contribution in [2.75, 3.05) is 18.6 Å². The summed E-state index contributed by atoms with van der Waals surface area (Å²) in [5.41, 5.74) is 6.56. The van der Waals surface area contributed by atoms with Gasteiger partial charge in [0.1, 0.15) is 23.9 Å². The summed E-state index contributed by atoms with van der Waals surface area (Å²) in [5.74, 6) is -2.73. The molecule has 12 heteroatoms. The Hall–Kier alpha value is -2.83. The molecule has 0 aliphatic heterocycles. The number of aliphatic hydroxyl groups excluding tert-OH is 1. The first kappa shape index (κ1) is 30.2. The summed E-state index contributed by atoms with van der Waals surface area (Å²) in [6, 6.07) is 1.42. The molecule has 1 rings (SSSR count). The van der Waals surface area contributed by atoms with Crippen LogP contribution in [0, 0.1) is 5.92 Å². The number of carboxylic acids is 1. The van der Waals surface area contributed by atoms with Gasteiger partial charge in [-0.3, -0.25) is 14.4 Å². The number of benzene rings is 1. The predicted molar refractivity (Wildman–Crippen MR) is 133 cm³/mol. The second-order valence-corrected chi connectivity index (χ2v) is 9.58. The molecular formula is C23H36N4O7S. The van der Waals surface area contributed by atoms with Crippen LogP contribution in [-0.4, -0.2) is 81.8 Å². The number of carbonyl (C=O) groups is 4. The molecule has 0 aliphatic carbocycles. The van der Waals surface area contributed by atoms with Crippen LogP contribution in [0.4, 0.5) is 0 Å². The Bertz CT molecular complexity index is 851. The van der Waals surface area contributed by atoms with Crippen LogP contribution in [0.15, 0.2) is 24.3 Å². The summed E-state index contributed by atoms with van der Waals surface area (Å²) in [6.07, 6.45) is 2.39. The molecule has 35 heavy (non-hydrogen) atoms. The lowest BCUT2D eigenvalue weighted by atomic mass is 10.0. The number of phenolic OH excluding ortho intramolecular Hbond substituents is 1. The van der Waals surface area contributed by atoms with Crippen LogP contribution < -0.4 is 21.7 Å². The highest BCUT2D eigenvalue weighted by atomic mass is 32.2. The minimum atomic E-state index is -1.43. The largest absolute Gasteiger partial charge is 0.508 e. The molecule has 4 unspecified atom stereocenters. The number of thioether (sulfide) groups is 1. The normalized spacial score (nSPS) is 14.5. The maximum absolute atomic E-state index is 13.0. The van der Waals surface area contributed by atoms with E-state index in [9.17, 15) is 34.5 Å². The van der Waals surface area contributed by atoms with Crippen molar-refractivity contribution in [2.45, 2.75) is 57.3 Å². The monoisotopic (exact) mass is 512 g/mol. The molecule has 3 amide bonds. The SMILES string of the molecule is CSCCC(NC(=O)C(CO)NC(=O)C(Cc1ccc(O)cc1)NC(=O)C(N)CC(C)C)C(=O)O. The van der Waals surface area contributed by atoms with E-state index in [1.807, 2.05) is 13.8 Å². The van der Waals surface area contributed by atoms with Crippen LogP contribution in [0.25, 0.3) is 0 Å². The van der Waals surface area contributed by atoms with E-state index in [2.05, 4.69) is 16.0 Å². The molecule has 0 aliphatic rings. The van der Waals surface area contributed by atoms with Crippen molar-refractivity contribution < 1.29 is 34.5 Å². The molecule has 0 fully saturated rings. The summed E-state index contributed by atoms with van der Waals surface area (Å²) < 4.78 is 0. The smallest absolute Gasteiger partial charge is 0.326 e. The molecular weight excluding hydrogens is 476 g/mol. The van der Waals surface area contributed by atoms with Crippen molar-refractivity contribution in [2.24, 2.45) is 11.7 Å². The quantitative estimate of drug-likeness (QED) is 0.164. The topological polar surface area (TPSA) is 191 Å². The summed E-state index contributed by atoms with van der Waals surface area (Å²) in [4.78, 5) is 49.6. The van der Waals surface area contributed by atoms with Crippen molar-refractivity contribution >= 4 is 35.5 Å². The number of carbonyl (C=O) groups excluding carboxylic acids is 3. The van der Waals surface area contributed by atoms with Crippen LogP contribution in [0.5, 0.6) is 5.75 Å². The minimum Gasteiger partial charge on any atom is -0.508 e. The third-order valence-corrected chi connectivity index (χ3v) is 5.76. The molecule has 0 bridgehead atoms. The Morgan fingerprint density at radius 3 is 2.00 bits per heavy atom. The third kappa shape index (κ3) is 11.0. The van der Waals surface area contributed by atoms with Gasteiger partial charge in [-0.2, -0.15) is 11.8 Å². The van der Waals surface area contributed by atoms with E-state index in [0.29, 0.717) is 17.7 Å². The Balaban J connectivity index is 2.99. The van der Waals surface area contributed by atoms with Gasteiger partial charge in [0.05, 0.1) is 12.6 Å². The standard InChI is InChI=1S/C23H36N4O7S/c1-13(2)10-16(24)20(30)26-18(11-14-4-6-15(29)7-5-14)21(31)27-19(12-28)22(32)25-17(23(33)34)8-9-35-3/h4-7,13,16-19,28-29H,8-12,24H2,1-3H3,(H,25,32)(H,26,30)(H,27,31)(H,33,34). The van der Waals surface area contributed by atoms with Crippen molar-refractivity contribution in [1.29, 1.82) is 0 Å². The number of nitrogens with one attached hydrogen (secondary N) is 3. The zero-order valence-electron chi connectivity index (χ0n) is 20.2.